The van der Waals surface area contributed by atoms with E-state index in [0.717, 1.165) is 52.2 Å². The molecule has 1 atom stereocenters. The van der Waals surface area contributed by atoms with E-state index in [-0.39, 0.29) is 5.91 Å². The second-order valence-corrected chi connectivity index (χ2v) is 7.45. The maximum absolute atomic E-state index is 12.7. The van der Waals surface area contributed by atoms with E-state index in [1.54, 1.807) is 25.4 Å². The first-order chi connectivity index (χ1) is 12.2. The fourth-order valence-electron chi connectivity index (χ4n) is 4.69. The van der Waals surface area contributed by atoms with E-state index >= 15 is 0 Å². The number of hydrogen-bond donors (Lipinski definition) is 0. The summed E-state index contributed by atoms with van der Waals surface area (Å²) in [4.78, 5) is 21.5. The molecule has 0 bridgehead atoms. The Morgan fingerprint density at radius 2 is 1.96 bits per heavy atom. The Morgan fingerprint density at radius 3 is 2.52 bits per heavy atom. The standard InChI is InChI=1S/C19H27N3O3/c1-24-17-3-2-15(14-20-17)18(23)22-8-6-19(7-9-22)5-4-16(19)21-10-12-25-13-11-21/h2-3,14,16H,4-13H2,1H3. The highest BCUT2D eigenvalue weighted by Gasteiger charge is 2.51. The second-order valence-electron chi connectivity index (χ2n) is 7.45. The number of rotatable bonds is 3. The molecule has 1 spiro atoms. The van der Waals surface area contributed by atoms with Gasteiger partial charge in [-0.3, -0.25) is 9.69 Å². The lowest BCUT2D eigenvalue weighted by Gasteiger charge is -2.58. The number of methoxy groups -OCH3 is 1. The van der Waals surface area contributed by atoms with Crippen molar-refractivity contribution in [2.45, 2.75) is 31.7 Å². The summed E-state index contributed by atoms with van der Waals surface area (Å²) in [5.74, 6) is 0.629. The molecule has 2 aliphatic heterocycles. The molecule has 136 valence electrons. The minimum atomic E-state index is 0.0900. The molecule has 6 heteroatoms. The fourth-order valence-corrected chi connectivity index (χ4v) is 4.69. The Hall–Kier alpha value is -1.66. The number of carbonyl (C=O) groups is 1. The van der Waals surface area contributed by atoms with Gasteiger partial charge in [-0.05, 0) is 37.2 Å². The van der Waals surface area contributed by atoms with Crippen LogP contribution in [0.25, 0.3) is 0 Å². The van der Waals surface area contributed by atoms with Crippen molar-refractivity contribution >= 4 is 5.91 Å². The average Bonchev–Trinajstić information content (AvgIpc) is 2.67. The molecule has 25 heavy (non-hydrogen) atoms. The molecule has 0 radical (unpaired) electrons. The molecular formula is C19H27N3O3. The monoisotopic (exact) mass is 345 g/mol. The SMILES string of the molecule is COc1ccc(C(=O)N2CCC3(CCC3N3CCOCC3)CC2)cn1. The van der Waals surface area contributed by atoms with Crippen LogP contribution in [0.2, 0.25) is 0 Å². The quantitative estimate of drug-likeness (QED) is 0.836. The van der Waals surface area contributed by atoms with Gasteiger partial charge < -0.3 is 14.4 Å². The zero-order valence-electron chi connectivity index (χ0n) is 14.9. The number of nitrogens with zero attached hydrogens (tertiary/aromatic N) is 3. The van der Waals surface area contributed by atoms with Crippen LogP contribution in [0.15, 0.2) is 18.3 Å². The van der Waals surface area contributed by atoms with Crippen LogP contribution in [0.5, 0.6) is 5.88 Å². The van der Waals surface area contributed by atoms with Crippen LogP contribution >= 0.6 is 0 Å². The molecule has 3 fully saturated rings. The van der Waals surface area contributed by atoms with Crippen molar-refractivity contribution in [3.8, 4) is 5.88 Å². The topological polar surface area (TPSA) is 54.9 Å². The van der Waals surface area contributed by atoms with E-state index in [1.807, 2.05) is 4.90 Å². The summed E-state index contributed by atoms with van der Waals surface area (Å²) in [7, 11) is 1.58. The predicted octanol–water partition coefficient (Wildman–Crippen LogP) is 1.81. The first-order valence-electron chi connectivity index (χ1n) is 9.33. The number of aromatic nitrogens is 1. The summed E-state index contributed by atoms with van der Waals surface area (Å²) >= 11 is 0. The lowest BCUT2D eigenvalue weighted by molar-refractivity contribution is -0.0937. The Bertz CT molecular complexity index is 605. The van der Waals surface area contributed by atoms with Crippen LogP contribution in [-0.4, -0.2) is 73.2 Å². The molecule has 4 rings (SSSR count). The second kappa shape index (κ2) is 6.92. The number of piperidine rings is 1. The van der Waals surface area contributed by atoms with Gasteiger partial charge in [0.25, 0.3) is 5.91 Å². The molecule has 1 unspecified atom stereocenters. The zero-order chi connectivity index (χ0) is 17.3. The minimum Gasteiger partial charge on any atom is -0.481 e. The van der Waals surface area contributed by atoms with E-state index in [0.29, 0.717) is 22.9 Å². The lowest BCUT2D eigenvalue weighted by atomic mass is 9.58. The maximum Gasteiger partial charge on any atom is 0.255 e. The average molecular weight is 345 g/mol. The Balaban J connectivity index is 1.36. The van der Waals surface area contributed by atoms with Crippen molar-refractivity contribution in [1.82, 2.24) is 14.8 Å². The van der Waals surface area contributed by atoms with E-state index in [2.05, 4.69) is 9.88 Å². The smallest absolute Gasteiger partial charge is 0.255 e. The first-order valence-corrected chi connectivity index (χ1v) is 9.33. The van der Waals surface area contributed by atoms with E-state index < -0.39 is 0 Å². The van der Waals surface area contributed by atoms with E-state index in [9.17, 15) is 4.79 Å². The zero-order valence-corrected chi connectivity index (χ0v) is 14.9. The molecule has 0 aromatic carbocycles. The van der Waals surface area contributed by atoms with Crippen LogP contribution in [0.4, 0.5) is 0 Å². The molecule has 6 nitrogen and oxygen atoms in total. The molecular weight excluding hydrogens is 318 g/mol. The van der Waals surface area contributed by atoms with Crippen LogP contribution in [0, 0.1) is 5.41 Å². The molecule has 1 aromatic rings. The lowest BCUT2D eigenvalue weighted by Crippen LogP contribution is -2.61. The van der Waals surface area contributed by atoms with Gasteiger partial charge in [0.15, 0.2) is 0 Å². The molecule has 1 aromatic heterocycles. The predicted molar refractivity (Wildman–Crippen MR) is 93.8 cm³/mol. The highest BCUT2D eigenvalue weighted by molar-refractivity contribution is 5.94. The Kier molecular flexibility index (Phi) is 4.65. The number of likely N-dealkylation sites (tertiary alicyclic amines) is 1. The molecule has 3 aliphatic rings. The number of amides is 1. The van der Waals surface area contributed by atoms with Crippen molar-refractivity contribution in [3.05, 3.63) is 23.9 Å². The van der Waals surface area contributed by atoms with Gasteiger partial charge in [0.05, 0.1) is 25.9 Å². The summed E-state index contributed by atoms with van der Waals surface area (Å²) in [5.41, 5.74) is 1.07. The van der Waals surface area contributed by atoms with Crippen LogP contribution in [-0.2, 0) is 4.74 Å². The van der Waals surface area contributed by atoms with Crippen molar-refractivity contribution in [2.75, 3.05) is 46.5 Å². The van der Waals surface area contributed by atoms with Gasteiger partial charge in [-0.1, -0.05) is 0 Å². The normalized spacial score (nSPS) is 26.3. The number of carbonyl (C=O) groups excluding carboxylic acids is 1. The third-order valence-electron chi connectivity index (χ3n) is 6.35. The van der Waals surface area contributed by atoms with Crippen molar-refractivity contribution in [2.24, 2.45) is 5.41 Å². The maximum atomic E-state index is 12.7. The molecule has 3 heterocycles. The Labute approximate surface area is 149 Å². The number of morpholine rings is 1. The van der Waals surface area contributed by atoms with Gasteiger partial charge in [-0.25, -0.2) is 4.98 Å². The number of ether oxygens (including phenoxy) is 2. The van der Waals surface area contributed by atoms with Gasteiger partial charge in [-0.15, -0.1) is 0 Å². The van der Waals surface area contributed by atoms with Gasteiger partial charge >= 0.3 is 0 Å². The van der Waals surface area contributed by atoms with Crippen molar-refractivity contribution in [3.63, 3.8) is 0 Å². The first kappa shape index (κ1) is 16.8. The summed E-state index contributed by atoms with van der Waals surface area (Å²) < 4.78 is 10.6. The summed E-state index contributed by atoms with van der Waals surface area (Å²) in [6, 6.07) is 4.24. The van der Waals surface area contributed by atoms with Crippen LogP contribution < -0.4 is 4.74 Å². The van der Waals surface area contributed by atoms with E-state index in [4.69, 9.17) is 9.47 Å². The summed E-state index contributed by atoms with van der Waals surface area (Å²) in [6.07, 6.45) is 6.46. The third-order valence-corrected chi connectivity index (χ3v) is 6.35. The van der Waals surface area contributed by atoms with Crippen molar-refractivity contribution < 1.29 is 14.3 Å². The Morgan fingerprint density at radius 1 is 1.20 bits per heavy atom. The molecule has 1 aliphatic carbocycles. The molecule has 0 N–H and O–H groups in total. The van der Waals surface area contributed by atoms with Crippen LogP contribution in [0.1, 0.15) is 36.0 Å². The van der Waals surface area contributed by atoms with E-state index in [1.165, 1.54) is 12.8 Å². The van der Waals surface area contributed by atoms with Crippen LogP contribution in [0.3, 0.4) is 0 Å². The van der Waals surface area contributed by atoms with Gasteiger partial charge in [0, 0.05) is 44.5 Å². The highest BCUT2D eigenvalue weighted by Crippen LogP contribution is 2.51. The molecule has 2 saturated heterocycles. The largest absolute Gasteiger partial charge is 0.481 e. The highest BCUT2D eigenvalue weighted by atomic mass is 16.5. The number of pyridine rings is 1. The minimum absolute atomic E-state index is 0.0900. The molecule has 1 saturated carbocycles. The fraction of sp³-hybridized carbons (Fsp3) is 0.684. The summed E-state index contributed by atoms with van der Waals surface area (Å²) in [5, 5.41) is 0. The summed E-state index contributed by atoms with van der Waals surface area (Å²) in [6.45, 7) is 5.56. The van der Waals surface area contributed by atoms with Gasteiger partial charge in [-0.2, -0.15) is 0 Å². The van der Waals surface area contributed by atoms with Gasteiger partial charge in [0.2, 0.25) is 5.88 Å². The third kappa shape index (κ3) is 3.13. The number of hydrogen-bond acceptors (Lipinski definition) is 5. The van der Waals surface area contributed by atoms with Gasteiger partial charge in [0.1, 0.15) is 0 Å². The molecule has 1 amide bonds. The van der Waals surface area contributed by atoms with Crippen molar-refractivity contribution in [1.29, 1.82) is 0 Å².